The van der Waals surface area contributed by atoms with Crippen LogP contribution >= 0.6 is 0 Å². The van der Waals surface area contributed by atoms with Gasteiger partial charge in [0, 0.05) is 25.3 Å². The van der Waals surface area contributed by atoms with Crippen LogP contribution in [0.3, 0.4) is 0 Å². The van der Waals surface area contributed by atoms with Crippen LogP contribution in [-0.2, 0) is 4.74 Å². The summed E-state index contributed by atoms with van der Waals surface area (Å²) in [5, 5.41) is 6.73. The SMILES string of the molecule is Cc1nc2ccc(NCC3CNCCO3)cc2[nH]1. The second-order valence-electron chi connectivity index (χ2n) is 4.63. The van der Waals surface area contributed by atoms with Gasteiger partial charge in [-0.15, -0.1) is 0 Å². The molecule has 1 aromatic carbocycles. The molecule has 96 valence electrons. The minimum Gasteiger partial charge on any atom is -0.382 e. The Kier molecular flexibility index (Phi) is 3.17. The summed E-state index contributed by atoms with van der Waals surface area (Å²) in [6.07, 6.45) is 0.248. The van der Waals surface area contributed by atoms with E-state index in [0.717, 1.165) is 48.8 Å². The minimum absolute atomic E-state index is 0.248. The van der Waals surface area contributed by atoms with E-state index in [2.05, 4.69) is 32.7 Å². The van der Waals surface area contributed by atoms with Crippen molar-refractivity contribution >= 4 is 16.7 Å². The van der Waals surface area contributed by atoms with Crippen molar-refractivity contribution in [2.45, 2.75) is 13.0 Å². The third kappa shape index (κ3) is 2.47. The van der Waals surface area contributed by atoms with E-state index in [1.807, 2.05) is 13.0 Å². The molecule has 1 aliphatic heterocycles. The van der Waals surface area contributed by atoms with Crippen molar-refractivity contribution in [3.63, 3.8) is 0 Å². The fourth-order valence-corrected chi connectivity index (χ4v) is 2.23. The largest absolute Gasteiger partial charge is 0.382 e. The van der Waals surface area contributed by atoms with Crippen LogP contribution in [0.2, 0.25) is 0 Å². The summed E-state index contributed by atoms with van der Waals surface area (Å²) in [7, 11) is 0. The zero-order valence-electron chi connectivity index (χ0n) is 10.5. The van der Waals surface area contributed by atoms with E-state index in [1.54, 1.807) is 0 Å². The van der Waals surface area contributed by atoms with Crippen molar-refractivity contribution in [3.8, 4) is 0 Å². The molecule has 1 atom stereocenters. The molecule has 0 bridgehead atoms. The molecule has 0 saturated carbocycles. The Labute approximate surface area is 106 Å². The maximum Gasteiger partial charge on any atom is 0.104 e. The second-order valence-corrected chi connectivity index (χ2v) is 4.63. The minimum atomic E-state index is 0.248. The summed E-state index contributed by atoms with van der Waals surface area (Å²) in [4.78, 5) is 7.63. The molecule has 0 amide bonds. The molecule has 3 rings (SSSR count). The number of hydrogen-bond donors (Lipinski definition) is 3. The Morgan fingerprint density at radius 3 is 3.28 bits per heavy atom. The molecular formula is C13H18N4O. The molecule has 0 radical (unpaired) electrons. The highest BCUT2D eigenvalue weighted by atomic mass is 16.5. The normalized spacial score (nSPS) is 20.2. The van der Waals surface area contributed by atoms with Gasteiger partial charge in [-0.3, -0.25) is 0 Å². The quantitative estimate of drug-likeness (QED) is 0.763. The van der Waals surface area contributed by atoms with Gasteiger partial charge in [0.25, 0.3) is 0 Å². The Bertz CT molecular complexity index is 531. The molecule has 2 heterocycles. The van der Waals surface area contributed by atoms with E-state index in [0.29, 0.717) is 0 Å². The number of aromatic nitrogens is 2. The number of ether oxygens (including phenoxy) is 1. The van der Waals surface area contributed by atoms with Crippen molar-refractivity contribution in [2.75, 3.05) is 31.6 Å². The summed E-state index contributed by atoms with van der Waals surface area (Å²) in [6, 6.07) is 6.17. The van der Waals surface area contributed by atoms with Gasteiger partial charge in [0.05, 0.1) is 23.7 Å². The first kappa shape index (κ1) is 11.5. The maximum atomic E-state index is 5.65. The van der Waals surface area contributed by atoms with E-state index in [1.165, 1.54) is 0 Å². The third-order valence-electron chi connectivity index (χ3n) is 3.14. The Morgan fingerprint density at radius 2 is 2.44 bits per heavy atom. The number of imidazole rings is 1. The molecule has 0 aliphatic carbocycles. The summed E-state index contributed by atoms with van der Waals surface area (Å²) in [6.45, 7) is 5.46. The number of aryl methyl sites for hydroxylation is 1. The van der Waals surface area contributed by atoms with Crippen LogP contribution in [0.25, 0.3) is 11.0 Å². The van der Waals surface area contributed by atoms with Crippen LogP contribution in [0.1, 0.15) is 5.82 Å². The number of nitrogens with one attached hydrogen (secondary N) is 3. The molecular weight excluding hydrogens is 228 g/mol. The van der Waals surface area contributed by atoms with Crippen molar-refractivity contribution in [1.82, 2.24) is 15.3 Å². The molecule has 1 fully saturated rings. The van der Waals surface area contributed by atoms with Crippen LogP contribution in [0.5, 0.6) is 0 Å². The summed E-state index contributed by atoms with van der Waals surface area (Å²) >= 11 is 0. The Hall–Kier alpha value is -1.59. The first-order valence-corrected chi connectivity index (χ1v) is 6.34. The average molecular weight is 246 g/mol. The van der Waals surface area contributed by atoms with Gasteiger partial charge in [0.15, 0.2) is 0 Å². The summed E-state index contributed by atoms with van der Waals surface area (Å²) in [5.74, 6) is 0.946. The van der Waals surface area contributed by atoms with E-state index in [9.17, 15) is 0 Å². The molecule has 0 spiro atoms. The van der Waals surface area contributed by atoms with E-state index < -0.39 is 0 Å². The molecule has 1 aliphatic rings. The highest BCUT2D eigenvalue weighted by Crippen LogP contribution is 2.17. The van der Waals surface area contributed by atoms with E-state index >= 15 is 0 Å². The van der Waals surface area contributed by atoms with Crippen LogP contribution in [0.4, 0.5) is 5.69 Å². The smallest absolute Gasteiger partial charge is 0.104 e. The predicted molar refractivity (Wildman–Crippen MR) is 71.9 cm³/mol. The Morgan fingerprint density at radius 1 is 1.50 bits per heavy atom. The Balaban J connectivity index is 1.66. The van der Waals surface area contributed by atoms with Gasteiger partial charge in [-0.1, -0.05) is 0 Å². The van der Waals surface area contributed by atoms with Gasteiger partial charge in [-0.05, 0) is 25.1 Å². The predicted octanol–water partition coefficient (Wildman–Crippen LogP) is 1.27. The summed E-state index contributed by atoms with van der Waals surface area (Å²) < 4.78 is 5.65. The van der Waals surface area contributed by atoms with Gasteiger partial charge >= 0.3 is 0 Å². The number of benzene rings is 1. The lowest BCUT2D eigenvalue weighted by atomic mass is 10.2. The molecule has 2 aromatic rings. The molecule has 1 aromatic heterocycles. The highest BCUT2D eigenvalue weighted by molar-refractivity contribution is 5.79. The lowest BCUT2D eigenvalue weighted by Gasteiger charge is -2.24. The fourth-order valence-electron chi connectivity index (χ4n) is 2.23. The van der Waals surface area contributed by atoms with Crippen molar-refractivity contribution in [1.29, 1.82) is 0 Å². The lowest BCUT2D eigenvalue weighted by molar-refractivity contribution is 0.0372. The molecule has 1 saturated heterocycles. The number of H-pyrrole nitrogens is 1. The number of morpholine rings is 1. The number of rotatable bonds is 3. The number of fused-ring (bicyclic) bond motifs is 1. The van der Waals surface area contributed by atoms with Gasteiger partial charge in [0.1, 0.15) is 5.82 Å². The monoisotopic (exact) mass is 246 g/mol. The fraction of sp³-hybridized carbons (Fsp3) is 0.462. The summed E-state index contributed by atoms with van der Waals surface area (Å²) in [5.41, 5.74) is 3.18. The first-order valence-electron chi connectivity index (χ1n) is 6.34. The van der Waals surface area contributed by atoms with E-state index in [4.69, 9.17) is 4.74 Å². The van der Waals surface area contributed by atoms with Gasteiger partial charge in [-0.25, -0.2) is 4.98 Å². The van der Waals surface area contributed by atoms with Crippen molar-refractivity contribution < 1.29 is 4.74 Å². The van der Waals surface area contributed by atoms with Crippen molar-refractivity contribution in [3.05, 3.63) is 24.0 Å². The van der Waals surface area contributed by atoms with Gasteiger partial charge in [-0.2, -0.15) is 0 Å². The lowest BCUT2D eigenvalue weighted by Crippen LogP contribution is -2.42. The van der Waals surface area contributed by atoms with Crippen LogP contribution in [0.15, 0.2) is 18.2 Å². The van der Waals surface area contributed by atoms with Crippen LogP contribution in [-0.4, -0.2) is 42.3 Å². The zero-order valence-corrected chi connectivity index (χ0v) is 10.5. The van der Waals surface area contributed by atoms with Gasteiger partial charge in [0.2, 0.25) is 0 Å². The van der Waals surface area contributed by atoms with Crippen LogP contribution < -0.4 is 10.6 Å². The molecule has 3 N–H and O–H groups in total. The van der Waals surface area contributed by atoms with Crippen molar-refractivity contribution in [2.24, 2.45) is 0 Å². The highest BCUT2D eigenvalue weighted by Gasteiger charge is 2.12. The molecule has 18 heavy (non-hydrogen) atoms. The second kappa shape index (κ2) is 4.96. The third-order valence-corrected chi connectivity index (χ3v) is 3.14. The number of anilines is 1. The topological polar surface area (TPSA) is 62.0 Å². The standard InChI is InChI=1S/C13H18N4O/c1-9-16-12-3-2-10(6-13(12)17-9)15-8-11-7-14-4-5-18-11/h2-3,6,11,14-15H,4-5,7-8H2,1H3,(H,16,17). The average Bonchev–Trinajstić information content (AvgIpc) is 2.77. The molecule has 5 heteroatoms. The molecule has 1 unspecified atom stereocenters. The van der Waals surface area contributed by atoms with E-state index in [-0.39, 0.29) is 6.10 Å². The van der Waals surface area contributed by atoms with Crippen LogP contribution in [0, 0.1) is 6.92 Å². The number of aromatic amines is 1. The number of hydrogen-bond acceptors (Lipinski definition) is 4. The van der Waals surface area contributed by atoms with Gasteiger partial charge < -0.3 is 20.4 Å². The maximum absolute atomic E-state index is 5.65. The zero-order chi connectivity index (χ0) is 12.4. The molecule has 5 nitrogen and oxygen atoms in total. The number of nitrogens with zero attached hydrogens (tertiary/aromatic N) is 1. The first-order chi connectivity index (χ1) is 8.81.